The summed E-state index contributed by atoms with van der Waals surface area (Å²) >= 11 is 0. The van der Waals surface area contributed by atoms with Crippen molar-refractivity contribution in [2.45, 2.75) is 46.5 Å². The van der Waals surface area contributed by atoms with Crippen LogP contribution in [0.15, 0.2) is 0 Å². The normalized spacial score (nSPS) is 11.1. The average molecular weight is 298 g/mol. The SMILES string of the molecule is CC(=O)CCN(C)CCCN(CCC(C)=O)CCC(C)=O. The van der Waals surface area contributed by atoms with Gasteiger partial charge in [-0.15, -0.1) is 0 Å². The number of Topliss-reactive ketones (excluding diaryl/α,β-unsaturated/α-hetero) is 3. The minimum absolute atomic E-state index is 0.182. The van der Waals surface area contributed by atoms with E-state index < -0.39 is 0 Å². The number of rotatable bonds is 13. The number of nitrogens with zero attached hydrogens (tertiary/aromatic N) is 2. The maximum absolute atomic E-state index is 11.1. The smallest absolute Gasteiger partial charge is 0.131 e. The van der Waals surface area contributed by atoms with E-state index in [9.17, 15) is 14.4 Å². The van der Waals surface area contributed by atoms with Gasteiger partial charge in [0.1, 0.15) is 17.3 Å². The van der Waals surface area contributed by atoms with Crippen LogP contribution in [-0.4, -0.2) is 66.9 Å². The summed E-state index contributed by atoms with van der Waals surface area (Å²) in [4.78, 5) is 37.4. The van der Waals surface area contributed by atoms with Crippen LogP contribution >= 0.6 is 0 Å². The van der Waals surface area contributed by atoms with Crippen molar-refractivity contribution < 1.29 is 14.4 Å². The van der Waals surface area contributed by atoms with Gasteiger partial charge in [-0.1, -0.05) is 0 Å². The van der Waals surface area contributed by atoms with Gasteiger partial charge in [-0.25, -0.2) is 0 Å². The van der Waals surface area contributed by atoms with Crippen LogP contribution in [0.5, 0.6) is 0 Å². The second kappa shape index (κ2) is 11.6. The molecular formula is C16H30N2O3. The first-order valence-electron chi connectivity index (χ1n) is 7.70. The molecule has 5 heteroatoms. The molecule has 0 aromatic rings. The summed E-state index contributed by atoms with van der Waals surface area (Å²) in [6, 6.07) is 0. The summed E-state index contributed by atoms with van der Waals surface area (Å²) in [5, 5.41) is 0. The van der Waals surface area contributed by atoms with Crippen molar-refractivity contribution in [3.63, 3.8) is 0 Å². The van der Waals surface area contributed by atoms with Crippen molar-refractivity contribution in [1.29, 1.82) is 0 Å². The van der Waals surface area contributed by atoms with Gasteiger partial charge in [0, 0.05) is 38.9 Å². The fraction of sp³-hybridized carbons (Fsp3) is 0.812. The predicted molar refractivity (Wildman–Crippen MR) is 84.4 cm³/mol. The van der Waals surface area contributed by atoms with Gasteiger partial charge in [-0.2, -0.15) is 0 Å². The Kier molecular flexibility index (Phi) is 11.0. The van der Waals surface area contributed by atoms with Gasteiger partial charge in [-0.3, -0.25) is 14.4 Å². The maximum Gasteiger partial charge on any atom is 0.131 e. The van der Waals surface area contributed by atoms with E-state index in [4.69, 9.17) is 0 Å². The Labute approximate surface area is 128 Å². The summed E-state index contributed by atoms with van der Waals surface area (Å²) in [5.41, 5.74) is 0. The van der Waals surface area contributed by atoms with E-state index in [2.05, 4.69) is 9.80 Å². The van der Waals surface area contributed by atoms with Crippen LogP contribution in [0.4, 0.5) is 0 Å². The summed E-state index contributed by atoms with van der Waals surface area (Å²) in [5.74, 6) is 0.578. The van der Waals surface area contributed by atoms with Gasteiger partial charge in [-0.05, 0) is 47.3 Å². The molecule has 0 saturated heterocycles. The highest BCUT2D eigenvalue weighted by Gasteiger charge is 2.08. The van der Waals surface area contributed by atoms with Crippen LogP contribution in [-0.2, 0) is 14.4 Å². The topological polar surface area (TPSA) is 57.7 Å². The van der Waals surface area contributed by atoms with E-state index in [1.165, 1.54) is 0 Å². The van der Waals surface area contributed by atoms with Crippen molar-refractivity contribution in [3.8, 4) is 0 Å². The van der Waals surface area contributed by atoms with Crippen LogP contribution in [0.2, 0.25) is 0 Å². The van der Waals surface area contributed by atoms with Crippen molar-refractivity contribution in [3.05, 3.63) is 0 Å². The minimum Gasteiger partial charge on any atom is -0.306 e. The third kappa shape index (κ3) is 13.7. The lowest BCUT2D eigenvalue weighted by Crippen LogP contribution is -2.32. The predicted octanol–water partition coefficient (Wildman–Crippen LogP) is 1.55. The zero-order valence-corrected chi connectivity index (χ0v) is 14.0. The Morgan fingerprint density at radius 3 is 1.52 bits per heavy atom. The Morgan fingerprint density at radius 2 is 1.10 bits per heavy atom. The molecule has 0 aliphatic carbocycles. The molecule has 0 heterocycles. The molecular weight excluding hydrogens is 268 g/mol. The number of carbonyl (C=O) groups is 3. The fourth-order valence-electron chi connectivity index (χ4n) is 1.99. The molecule has 122 valence electrons. The van der Waals surface area contributed by atoms with E-state index in [1.54, 1.807) is 20.8 Å². The van der Waals surface area contributed by atoms with Gasteiger partial charge < -0.3 is 9.80 Å². The lowest BCUT2D eigenvalue weighted by molar-refractivity contribution is -0.118. The van der Waals surface area contributed by atoms with Gasteiger partial charge >= 0.3 is 0 Å². The first-order chi connectivity index (χ1) is 9.81. The largest absolute Gasteiger partial charge is 0.306 e. The molecule has 5 nitrogen and oxygen atoms in total. The van der Waals surface area contributed by atoms with Crippen LogP contribution in [0, 0.1) is 0 Å². The average Bonchev–Trinajstić information content (AvgIpc) is 2.38. The van der Waals surface area contributed by atoms with Crippen LogP contribution in [0.1, 0.15) is 46.5 Å². The zero-order chi connectivity index (χ0) is 16.3. The van der Waals surface area contributed by atoms with E-state index in [0.717, 1.165) is 39.1 Å². The maximum atomic E-state index is 11.1. The molecule has 0 aliphatic heterocycles. The molecule has 0 N–H and O–H groups in total. The molecule has 0 spiro atoms. The van der Waals surface area contributed by atoms with Crippen LogP contribution in [0.3, 0.4) is 0 Å². The van der Waals surface area contributed by atoms with Crippen molar-refractivity contribution >= 4 is 17.3 Å². The number of carbonyl (C=O) groups excluding carboxylic acids is 3. The summed E-state index contributed by atoms with van der Waals surface area (Å²) < 4.78 is 0. The van der Waals surface area contributed by atoms with E-state index in [1.807, 2.05) is 7.05 Å². The van der Waals surface area contributed by atoms with Gasteiger partial charge in [0.25, 0.3) is 0 Å². The van der Waals surface area contributed by atoms with Crippen LogP contribution < -0.4 is 0 Å². The highest BCUT2D eigenvalue weighted by Crippen LogP contribution is 2.00. The fourth-order valence-corrected chi connectivity index (χ4v) is 1.99. The Morgan fingerprint density at radius 1 is 0.667 bits per heavy atom. The van der Waals surface area contributed by atoms with Gasteiger partial charge in [0.2, 0.25) is 0 Å². The Hall–Kier alpha value is -1.07. The third-order valence-corrected chi connectivity index (χ3v) is 3.42. The van der Waals surface area contributed by atoms with Crippen molar-refractivity contribution in [2.24, 2.45) is 0 Å². The monoisotopic (exact) mass is 298 g/mol. The molecule has 0 aromatic heterocycles. The molecule has 0 aliphatic rings. The van der Waals surface area contributed by atoms with Crippen molar-refractivity contribution in [1.82, 2.24) is 9.80 Å². The lowest BCUT2D eigenvalue weighted by Gasteiger charge is -2.23. The van der Waals surface area contributed by atoms with E-state index in [-0.39, 0.29) is 17.3 Å². The molecule has 0 bridgehead atoms. The molecule has 0 rings (SSSR count). The number of hydrogen-bond acceptors (Lipinski definition) is 5. The number of hydrogen-bond donors (Lipinski definition) is 0. The molecule has 0 radical (unpaired) electrons. The molecule has 0 aromatic carbocycles. The first-order valence-corrected chi connectivity index (χ1v) is 7.70. The second-order valence-corrected chi connectivity index (χ2v) is 5.85. The molecule has 21 heavy (non-hydrogen) atoms. The standard InChI is InChI=1S/C16H30N2O3/c1-14(19)6-11-17(4)9-5-10-18(12-7-15(2)20)13-8-16(3)21/h5-13H2,1-4H3. The number of ketones is 3. The van der Waals surface area contributed by atoms with Gasteiger partial charge in [0.15, 0.2) is 0 Å². The molecule has 0 saturated carbocycles. The first kappa shape index (κ1) is 19.9. The Balaban J connectivity index is 3.99. The van der Waals surface area contributed by atoms with E-state index >= 15 is 0 Å². The Bertz CT molecular complexity index is 324. The summed E-state index contributed by atoms with van der Waals surface area (Å²) in [6.07, 6.45) is 2.65. The third-order valence-electron chi connectivity index (χ3n) is 3.42. The highest BCUT2D eigenvalue weighted by atomic mass is 16.1. The molecule has 0 amide bonds. The highest BCUT2D eigenvalue weighted by molar-refractivity contribution is 5.76. The molecule has 0 unspecified atom stereocenters. The zero-order valence-electron chi connectivity index (χ0n) is 14.0. The lowest BCUT2D eigenvalue weighted by atomic mass is 10.2. The van der Waals surface area contributed by atoms with E-state index in [0.29, 0.717) is 19.3 Å². The summed E-state index contributed by atoms with van der Waals surface area (Å²) in [7, 11) is 2.01. The quantitative estimate of drug-likeness (QED) is 0.516. The van der Waals surface area contributed by atoms with Crippen LogP contribution in [0.25, 0.3) is 0 Å². The van der Waals surface area contributed by atoms with Gasteiger partial charge in [0.05, 0.1) is 0 Å². The minimum atomic E-state index is 0.182. The molecule has 0 atom stereocenters. The summed E-state index contributed by atoms with van der Waals surface area (Å²) in [6.45, 7) is 8.83. The molecule has 0 fully saturated rings. The second-order valence-electron chi connectivity index (χ2n) is 5.85. The van der Waals surface area contributed by atoms with Crippen molar-refractivity contribution in [2.75, 3.05) is 39.8 Å².